The van der Waals surface area contributed by atoms with Crippen LogP contribution in [0.25, 0.3) is 0 Å². The molecule has 0 N–H and O–H groups in total. The van der Waals surface area contributed by atoms with Crippen molar-refractivity contribution in [3.05, 3.63) is 35.9 Å². The van der Waals surface area contributed by atoms with Gasteiger partial charge in [0.05, 0.1) is 0 Å². The maximum atomic E-state index is 3.03. The van der Waals surface area contributed by atoms with Crippen molar-refractivity contribution in [1.82, 2.24) is 0 Å². The number of hydrogen-bond acceptors (Lipinski definition) is 0. The highest BCUT2D eigenvalue weighted by Crippen LogP contribution is 1.90. The van der Waals surface area contributed by atoms with E-state index in [0.29, 0.717) is 0 Å². The van der Waals surface area contributed by atoms with Crippen LogP contribution in [0.15, 0.2) is 24.3 Å². The number of hydrogen-bond donors (Lipinski definition) is 0. The summed E-state index contributed by atoms with van der Waals surface area (Å²) in [6.07, 6.45) is 0. The first-order chi connectivity index (χ1) is 3.39. The van der Waals surface area contributed by atoms with Gasteiger partial charge in [0.25, 0.3) is 0 Å². The molecule has 0 saturated heterocycles. The van der Waals surface area contributed by atoms with E-state index in [1.54, 1.807) is 0 Å². The normalized spacial score (nSPS) is 7.62. The van der Waals surface area contributed by atoms with Crippen molar-refractivity contribution >= 4 is 17.4 Å². The van der Waals surface area contributed by atoms with Gasteiger partial charge in [-0.05, 0) is 18.6 Å². The second kappa shape index (κ2) is 3.72. The zero-order chi connectivity index (χ0) is 5.11. The van der Waals surface area contributed by atoms with Crippen LogP contribution in [0, 0.1) is 13.0 Å². The summed E-state index contributed by atoms with van der Waals surface area (Å²) in [5.74, 6) is 0. The molecule has 0 aromatic heterocycles. The fourth-order valence-electron chi connectivity index (χ4n) is 0.483. The minimum Gasteiger partial charge on any atom is -0.0620 e. The van der Waals surface area contributed by atoms with Crippen molar-refractivity contribution in [3.63, 3.8) is 0 Å². The Morgan fingerprint density at radius 3 is 2.38 bits per heavy atom. The van der Waals surface area contributed by atoms with Crippen LogP contribution in [0.5, 0.6) is 0 Å². The topological polar surface area (TPSA) is 0 Å². The molecule has 0 fully saturated rings. The lowest BCUT2D eigenvalue weighted by atomic mass is 10.2. The van der Waals surface area contributed by atoms with Crippen molar-refractivity contribution in [2.24, 2.45) is 0 Å². The summed E-state index contributed by atoms with van der Waals surface area (Å²) in [5, 5.41) is 0. The first-order valence-corrected chi connectivity index (χ1v) is 2.33. The van der Waals surface area contributed by atoms with Crippen molar-refractivity contribution in [3.8, 4) is 0 Å². The summed E-state index contributed by atoms with van der Waals surface area (Å²) in [7, 11) is 0. The lowest BCUT2D eigenvalue weighted by molar-refractivity contribution is 1.46. The summed E-state index contributed by atoms with van der Waals surface area (Å²) in [5.41, 5.74) is 1.20. The molecule has 0 bridgehead atoms. The van der Waals surface area contributed by atoms with Gasteiger partial charge in [0.15, 0.2) is 17.4 Å². The number of rotatable bonds is 0. The van der Waals surface area contributed by atoms with E-state index in [-0.39, 0.29) is 17.4 Å². The second-order valence-corrected chi connectivity index (χ2v) is 1.55. The van der Waals surface area contributed by atoms with Gasteiger partial charge < -0.3 is 0 Å². The van der Waals surface area contributed by atoms with E-state index in [0.717, 1.165) is 0 Å². The highest BCUT2D eigenvalue weighted by atomic mass is 27.0. The van der Waals surface area contributed by atoms with Gasteiger partial charge in [0, 0.05) is 0 Å². The Bertz CT molecular complexity index is 134. The van der Waals surface area contributed by atoms with Crippen LogP contribution in [0.1, 0.15) is 5.56 Å². The van der Waals surface area contributed by atoms with Crippen LogP contribution in [0.4, 0.5) is 0 Å². The lowest BCUT2D eigenvalue weighted by Gasteiger charge is -1.81. The third-order valence-corrected chi connectivity index (χ3v) is 0.865. The number of aryl methyl sites for hydroxylation is 1. The summed E-state index contributed by atoms with van der Waals surface area (Å²) in [6, 6.07) is 10.9. The van der Waals surface area contributed by atoms with Crippen LogP contribution >= 0.6 is 0 Å². The molecule has 1 heteroatoms. The van der Waals surface area contributed by atoms with Gasteiger partial charge in [0.2, 0.25) is 0 Å². The van der Waals surface area contributed by atoms with Crippen molar-refractivity contribution < 1.29 is 0 Å². The van der Waals surface area contributed by atoms with E-state index in [4.69, 9.17) is 0 Å². The molecule has 1 rings (SSSR count). The van der Waals surface area contributed by atoms with Crippen molar-refractivity contribution in [2.45, 2.75) is 6.92 Å². The molecule has 0 heterocycles. The standard InChI is InChI=1S/C7H7.Al.3H/c1-7-5-3-2-4-6-7;;;;/h2-5H,1H3;;;;. The van der Waals surface area contributed by atoms with E-state index in [2.05, 4.69) is 6.07 Å². The monoisotopic (exact) mass is 121 g/mol. The van der Waals surface area contributed by atoms with E-state index >= 15 is 0 Å². The molecule has 1 aromatic rings. The summed E-state index contributed by atoms with van der Waals surface area (Å²) in [4.78, 5) is 0. The predicted molar refractivity (Wildman–Crippen MR) is 40.0 cm³/mol. The molecule has 8 heavy (non-hydrogen) atoms. The van der Waals surface area contributed by atoms with E-state index in [9.17, 15) is 0 Å². The number of benzene rings is 1. The SMILES string of the molecule is Cc1[c]cccc1.[AlH3]. The molecule has 0 saturated carbocycles. The largest absolute Gasteiger partial charge is 0.187 e. The quantitative estimate of drug-likeness (QED) is 0.441. The zero-order valence-corrected chi connectivity index (χ0v) is 4.31. The molecule has 0 atom stereocenters. The van der Waals surface area contributed by atoms with E-state index < -0.39 is 0 Å². The van der Waals surface area contributed by atoms with Crippen LogP contribution in [0.2, 0.25) is 0 Å². The highest BCUT2D eigenvalue weighted by Gasteiger charge is 1.73. The molecule has 0 aliphatic carbocycles. The average molecular weight is 121 g/mol. The molecule has 1 aromatic carbocycles. The fraction of sp³-hybridized carbons (Fsp3) is 0.143. The van der Waals surface area contributed by atoms with Gasteiger partial charge in [-0.2, -0.15) is 0 Å². The first-order valence-electron chi connectivity index (χ1n) is 2.33. The molecular weight excluding hydrogens is 111 g/mol. The smallest absolute Gasteiger partial charge is 0.0620 e. The minimum absolute atomic E-state index is 0. The van der Waals surface area contributed by atoms with Crippen LogP contribution in [-0.2, 0) is 0 Å². The zero-order valence-electron chi connectivity index (χ0n) is 4.31. The van der Waals surface area contributed by atoms with Crippen molar-refractivity contribution in [1.29, 1.82) is 0 Å². The Morgan fingerprint density at radius 2 is 2.12 bits per heavy atom. The fourth-order valence-corrected chi connectivity index (χ4v) is 0.483. The van der Waals surface area contributed by atoms with Gasteiger partial charge in [-0.25, -0.2) is 0 Å². The molecule has 0 aliphatic heterocycles. The summed E-state index contributed by atoms with van der Waals surface area (Å²) >= 11 is 0. The van der Waals surface area contributed by atoms with E-state index in [1.807, 2.05) is 31.2 Å². The van der Waals surface area contributed by atoms with Crippen molar-refractivity contribution in [2.75, 3.05) is 0 Å². The van der Waals surface area contributed by atoms with E-state index in [1.165, 1.54) is 5.56 Å². The Labute approximate surface area is 60.7 Å². The maximum Gasteiger partial charge on any atom is 0.187 e. The summed E-state index contributed by atoms with van der Waals surface area (Å²) < 4.78 is 0. The second-order valence-electron chi connectivity index (χ2n) is 1.55. The molecule has 1 radical (unpaired) electrons. The van der Waals surface area contributed by atoms with Crippen LogP contribution in [0.3, 0.4) is 0 Å². The van der Waals surface area contributed by atoms with Gasteiger partial charge in [-0.1, -0.05) is 24.3 Å². The lowest BCUT2D eigenvalue weighted by Crippen LogP contribution is -1.63. The van der Waals surface area contributed by atoms with Gasteiger partial charge >= 0.3 is 0 Å². The molecule has 0 spiro atoms. The molecular formula is C7H10Al. The van der Waals surface area contributed by atoms with Crippen LogP contribution in [-0.4, -0.2) is 17.4 Å². The summed E-state index contributed by atoms with van der Waals surface area (Å²) in [6.45, 7) is 2.03. The Hall–Kier alpha value is -0.248. The Morgan fingerprint density at radius 1 is 1.38 bits per heavy atom. The highest BCUT2D eigenvalue weighted by molar-refractivity contribution is 5.75. The minimum atomic E-state index is 0. The van der Waals surface area contributed by atoms with Gasteiger partial charge in [0.1, 0.15) is 0 Å². The van der Waals surface area contributed by atoms with Gasteiger partial charge in [-0.15, -0.1) is 0 Å². The maximum absolute atomic E-state index is 3.03. The van der Waals surface area contributed by atoms with Crippen LogP contribution < -0.4 is 0 Å². The first kappa shape index (κ1) is 7.75. The Kier molecular flexibility index (Phi) is 3.60. The van der Waals surface area contributed by atoms with Gasteiger partial charge in [-0.3, -0.25) is 0 Å². The molecule has 0 amide bonds. The predicted octanol–water partition coefficient (Wildman–Crippen LogP) is 0.611. The molecule has 41 valence electrons. The average Bonchev–Trinajstić information content (AvgIpc) is 1.69. The third kappa shape index (κ3) is 2.16. The molecule has 0 unspecified atom stereocenters. The Balaban J connectivity index is 0.000000490. The molecule has 0 nitrogen and oxygen atoms in total. The molecule has 0 aliphatic rings. The third-order valence-electron chi connectivity index (χ3n) is 0.865.